The quantitative estimate of drug-likeness (QED) is 0.852. The third-order valence-corrected chi connectivity index (χ3v) is 5.11. The standard InChI is InChI=1S/C16H27N3/c1-10(16-11(2)18-19(4)12(16)3)17-9-15(13-5-6-13)14-7-8-14/h10,13-15,17H,5-9H2,1-4H3. The van der Waals surface area contributed by atoms with Gasteiger partial charge in [0.1, 0.15) is 0 Å². The summed E-state index contributed by atoms with van der Waals surface area (Å²) in [7, 11) is 2.04. The van der Waals surface area contributed by atoms with Crippen LogP contribution in [-0.4, -0.2) is 16.3 Å². The largest absolute Gasteiger partial charge is 0.310 e. The zero-order chi connectivity index (χ0) is 13.6. The minimum atomic E-state index is 0.425. The molecule has 0 radical (unpaired) electrons. The summed E-state index contributed by atoms with van der Waals surface area (Å²) >= 11 is 0. The van der Waals surface area contributed by atoms with Crippen LogP contribution < -0.4 is 5.32 Å². The lowest BCUT2D eigenvalue weighted by Crippen LogP contribution is -2.28. The molecule has 0 saturated heterocycles. The fraction of sp³-hybridized carbons (Fsp3) is 0.812. The van der Waals surface area contributed by atoms with Gasteiger partial charge in [0.25, 0.3) is 0 Å². The van der Waals surface area contributed by atoms with Gasteiger partial charge >= 0.3 is 0 Å². The molecule has 0 spiro atoms. The summed E-state index contributed by atoms with van der Waals surface area (Å²) in [6.45, 7) is 7.78. The molecule has 1 atom stereocenters. The van der Waals surface area contributed by atoms with E-state index >= 15 is 0 Å². The van der Waals surface area contributed by atoms with Crippen molar-refractivity contribution in [2.24, 2.45) is 24.8 Å². The summed E-state index contributed by atoms with van der Waals surface area (Å²) in [4.78, 5) is 0. The topological polar surface area (TPSA) is 29.9 Å². The van der Waals surface area contributed by atoms with Crippen molar-refractivity contribution in [2.75, 3.05) is 6.54 Å². The number of aryl methyl sites for hydroxylation is 2. The first-order chi connectivity index (χ1) is 9.08. The average molecular weight is 261 g/mol. The van der Waals surface area contributed by atoms with E-state index in [4.69, 9.17) is 0 Å². The van der Waals surface area contributed by atoms with E-state index in [2.05, 4.69) is 31.2 Å². The Kier molecular flexibility index (Phi) is 3.42. The van der Waals surface area contributed by atoms with Gasteiger partial charge < -0.3 is 5.32 Å². The lowest BCUT2D eigenvalue weighted by atomic mass is 9.97. The molecular weight excluding hydrogens is 234 g/mol. The number of hydrogen-bond acceptors (Lipinski definition) is 2. The molecule has 19 heavy (non-hydrogen) atoms. The summed E-state index contributed by atoms with van der Waals surface area (Å²) in [5, 5.41) is 8.31. The molecular formula is C16H27N3. The highest BCUT2D eigenvalue weighted by atomic mass is 15.3. The first-order valence-electron chi connectivity index (χ1n) is 7.81. The normalized spacial score (nSPS) is 21.1. The molecule has 3 rings (SSSR count). The van der Waals surface area contributed by atoms with Crippen LogP contribution in [0.2, 0.25) is 0 Å². The predicted molar refractivity (Wildman–Crippen MR) is 78.0 cm³/mol. The third-order valence-electron chi connectivity index (χ3n) is 5.11. The van der Waals surface area contributed by atoms with E-state index in [0.29, 0.717) is 6.04 Å². The second-order valence-corrected chi connectivity index (χ2v) is 6.68. The Balaban J connectivity index is 1.62. The molecule has 2 saturated carbocycles. The van der Waals surface area contributed by atoms with Crippen molar-refractivity contribution in [3.8, 4) is 0 Å². The number of rotatable bonds is 6. The predicted octanol–water partition coefficient (Wildman–Crippen LogP) is 3.12. The van der Waals surface area contributed by atoms with Gasteiger partial charge in [-0.15, -0.1) is 0 Å². The van der Waals surface area contributed by atoms with Crippen LogP contribution in [0.5, 0.6) is 0 Å². The molecule has 3 nitrogen and oxygen atoms in total. The van der Waals surface area contributed by atoms with E-state index in [9.17, 15) is 0 Å². The summed E-state index contributed by atoms with van der Waals surface area (Å²) in [5.41, 5.74) is 3.87. The van der Waals surface area contributed by atoms with Crippen molar-refractivity contribution in [1.82, 2.24) is 15.1 Å². The summed E-state index contributed by atoms with van der Waals surface area (Å²) in [6, 6.07) is 0.425. The summed E-state index contributed by atoms with van der Waals surface area (Å²) < 4.78 is 2.00. The second kappa shape index (κ2) is 4.93. The van der Waals surface area contributed by atoms with Gasteiger partial charge in [-0.2, -0.15) is 5.10 Å². The van der Waals surface area contributed by atoms with Crippen LogP contribution in [0.25, 0.3) is 0 Å². The minimum Gasteiger partial charge on any atom is -0.310 e. The lowest BCUT2D eigenvalue weighted by molar-refractivity contribution is 0.361. The van der Waals surface area contributed by atoms with Gasteiger partial charge in [-0.05, 0) is 70.8 Å². The number of aromatic nitrogens is 2. The molecule has 106 valence electrons. The van der Waals surface area contributed by atoms with Crippen molar-refractivity contribution < 1.29 is 0 Å². The molecule has 0 aliphatic heterocycles. The molecule has 2 aliphatic rings. The molecule has 2 aliphatic carbocycles. The Morgan fingerprint density at radius 1 is 1.21 bits per heavy atom. The Hall–Kier alpha value is -0.830. The Morgan fingerprint density at radius 3 is 2.21 bits per heavy atom. The van der Waals surface area contributed by atoms with Gasteiger partial charge in [-0.3, -0.25) is 4.68 Å². The maximum atomic E-state index is 4.53. The zero-order valence-corrected chi connectivity index (χ0v) is 12.7. The van der Waals surface area contributed by atoms with Crippen molar-refractivity contribution in [1.29, 1.82) is 0 Å². The van der Waals surface area contributed by atoms with Crippen molar-refractivity contribution in [3.63, 3.8) is 0 Å². The van der Waals surface area contributed by atoms with Gasteiger partial charge in [0.15, 0.2) is 0 Å². The van der Waals surface area contributed by atoms with Crippen LogP contribution in [-0.2, 0) is 7.05 Å². The van der Waals surface area contributed by atoms with E-state index < -0.39 is 0 Å². The lowest BCUT2D eigenvalue weighted by Gasteiger charge is -2.21. The fourth-order valence-corrected chi connectivity index (χ4v) is 3.60. The van der Waals surface area contributed by atoms with Gasteiger partial charge in [0, 0.05) is 24.3 Å². The maximum Gasteiger partial charge on any atom is 0.0644 e. The molecule has 0 bridgehead atoms. The summed E-state index contributed by atoms with van der Waals surface area (Å²) in [6.07, 6.45) is 5.90. The number of nitrogens with one attached hydrogen (secondary N) is 1. The highest BCUT2D eigenvalue weighted by Gasteiger charge is 2.41. The van der Waals surface area contributed by atoms with Crippen molar-refractivity contribution >= 4 is 0 Å². The van der Waals surface area contributed by atoms with Gasteiger partial charge in [-0.1, -0.05) is 0 Å². The SMILES string of the molecule is Cc1nn(C)c(C)c1C(C)NCC(C1CC1)C1CC1. The van der Waals surface area contributed by atoms with E-state index in [-0.39, 0.29) is 0 Å². The number of hydrogen-bond donors (Lipinski definition) is 1. The Bertz CT molecular complexity index is 443. The van der Waals surface area contributed by atoms with Crippen LogP contribution >= 0.6 is 0 Å². The van der Waals surface area contributed by atoms with Crippen molar-refractivity contribution in [3.05, 3.63) is 17.0 Å². The fourth-order valence-electron chi connectivity index (χ4n) is 3.60. The summed E-state index contributed by atoms with van der Waals surface area (Å²) in [5.74, 6) is 3.01. The van der Waals surface area contributed by atoms with E-state index in [1.165, 1.54) is 49.2 Å². The van der Waals surface area contributed by atoms with E-state index in [0.717, 1.165) is 17.8 Å². The van der Waals surface area contributed by atoms with E-state index in [1.807, 2.05) is 11.7 Å². The zero-order valence-electron chi connectivity index (χ0n) is 12.7. The smallest absolute Gasteiger partial charge is 0.0644 e. The van der Waals surface area contributed by atoms with Crippen LogP contribution in [0.1, 0.15) is 55.6 Å². The van der Waals surface area contributed by atoms with Gasteiger partial charge in [-0.25, -0.2) is 0 Å². The molecule has 0 aromatic carbocycles. The first-order valence-corrected chi connectivity index (χ1v) is 7.81. The molecule has 1 aromatic rings. The van der Waals surface area contributed by atoms with Crippen LogP contribution in [0.4, 0.5) is 0 Å². The third kappa shape index (κ3) is 2.71. The maximum absolute atomic E-state index is 4.53. The molecule has 1 aromatic heterocycles. The molecule has 2 fully saturated rings. The Morgan fingerprint density at radius 2 is 1.79 bits per heavy atom. The first kappa shape index (κ1) is 13.2. The minimum absolute atomic E-state index is 0.425. The molecule has 1 N–H and O–H groups in total. The highest BCUT2D eigenvalue weighted by Crippen LogP contribution is 2.49. The average Bonchev–Trinajstić information content (AvgIpc) is 3.23. The molecule has 1 unspecified atom stereocenters. The van der Waals surface area contributed by atoms with Crippen LogP contribution in [0, 0.1) is 31.6 Å². The van der Waals surface area contributed by atoms with Gasteiger partial charge in [0.2, 0.25) is 0 Å². The highest BCUT2D eigenvalue weighted by molar-refractivity contribution is 5.27. The van der Waals surface area contributed by atoms with Gasteiger partial charge in [0.05, 0.1) is 5.69 Å². The van der Waals surface area contributed by atoms with E-state index in [1.54, 1.807) is 0 Å². The molecule has 3 heteroatoms. The monoisotopic (exact) mass is 261 g/mol. The van der Waals surface area contributed by atoms with Crippen molar-refractivity contribution in [2.45, 2.75) is 52.5 Å². The molecule has 0 amide bonds. The Labute approximate surface area is 116 Å². The van der Waals surface area contributed by atoms with Crippen LogP contribution in [0.3, 0.4) is 0 Å². The number of nitrogens with zero attached hydrogens (tertiary/aromatic N) is 2. The van der Waals surface area contributed by atoms with Crippen LogP contribution in [0.15, 0.2) is 0 Å². The second-order valence-electron chi connectivity index (χ2n) is 6.68. The molecule has 1 heterocycles.